The lowest BCUT2D eigenvalue weighted by molar-refractivity contribution is -0.141. The van der Waals surface area contributed by atoms with Crippen LogP contribution in [0.3, 0.4) is 0 Å². The Kier molecular flexibility index (Phi) is 6.74. The Labute approximate surface area is 119 Å². The van der Waals surface area contributed by atoms with Crippen molar-refractivity contribution in [2.45, 2.75) is 19.4 Å². The van der Waals surface area contributed by atoms with Gasteiger partial charge in [-0.15, -0.1) is 0 Å². The van der Waals surface area contributed by atoms with Crippen LogP contribution in [0.4, 0.5) is 4.79 Å². The van der Waals surface area contributed by atoms with Crippen LogP contribution in [0.2, 0.25) is 0 Å². The zero-order valence-electron chi connectivity index (χ0n) is 12.4. The van der Waals surface area contributed by atoms with Crippen LogP contribution >= 0.6 is 0 Å². The van der Waals surface area contributed by atoms with Crippen molar-refractivity contribution in [2.75, 3.05) is 47.1 Å². The minimum Gasteiger partial charge on any atom is -0.481 e. The molecule has 1 heterocycles. The Balaban J connectivity index is 2.65. The largest absolute Gasteiger partial charge is 0.481 e. The maximum absolute atomic E-state index is 12.5. The summed E-state index contributed by atoms with van der Waals surface area (Å²) in [4.78, 5) is 26.7. The number of rotatable bonds is 7. The number of amides is 2. The number of hydrogen-bond acceptors (Lipinski definition) is 4. The molecule has 2 atom stereocenters. The predicted octanol–water partition coefficient (Wildman–Crippen LogP) is 0.496. The van der Waals surface area contributed by atoms with Gasteiger partial charge in [0.25, 0.3) is 0 Å². The number of urea groups is 1. The van der Waals surface area contributed by atoms with Crippen LogP contribution in [0.25, 0.3) is 0 Å². The van der Waals surface area contributed by atoms with E-state index in [0.717, 1.165) is 0 Å². The number of carboxylic acids is 1. The summed E-state index contributed by atoms with van der Waals surface area (Å²) in [5.74, 6) is -1.30. The normalized spacial score (nSPS) is 19.9. The molecule has 1 fully saturated rings. The summed E-state index contributed by atoms with van der Waals surface area (Å²) < 4.78 is 10.1. The number of carbonyl (C=O) groups excluding carboxylic acids is 1. The van der Waals surface area contributed by atoms with Crippen LogP contribution in [0.15, 0.2) is 0 Å². The van der Waals surface area contributed by atoms with Crippen molar-refractivity contribution >= 4 is 12.0 Å². The van der Waals surface area contributed by atoms with E-state index in [4.69, 9.17) is 14.6 Å². The molecule has 1 aliphatic rings. The molecule has 0 aromatic heterocycles. The number of hydrogen-bond donors (Lipinski definition) is 1. The average Bonchev–Trinajstić information content (AvgIpc) is 2.89. The highest BCUT2D eigenvalue weighted by atomic mass is 16.5. The molecule has 0 saturated carbocycles. The van der Waals surface area contributed by atoms with Crippen molar-refractivity contribution in [1.29, 1.82) is 0 Å². The quantitative estimate of drug-likeness (QED) is 0.738. The Morgan fingerprint density at radius 3 is 2.60 bits per heavy atom. The van der Waals surface area contributed by atoms with Gasteiger partial charge in [-0.3, -0.25) is 4.79 Å². The molecule has 1 saturated heterocycles. The Bertz CT molecular complexity index is 337. The molecule has 1 rings (SSSR count). The number of aliphatic carboxylic acids is 1. The fourth-order valence-electron chi connectivity index (χ4n) is 2.34. The van der Waals surface area contributed by atoms with Crippen molar-refractivity contribution in [3.05, 3.63) is 0 Å². The third-order valence-corrected chi connectivity index (χ3v) is 3.53. The van der Waals surface area contributed by atoms with Gasteiger partial charge in [-0.05, 0) is 13.3 Å². The Morgan fingerprint density at radius 2 is 2.10 bits per heavy atom. The van der Waals surface area contributed by atoms with E-state index in [0.29, 0.717) is 32.7 Å². The zero-order chi connectivity index (χ0) is 15.1. The van der Waals surface area contributed by atoms with Gasteiger partial charge < -0.3 is 24.4 Å². The molecule has 7 heteroatoms. The lowest BCUT2D eigenvalue weighted by Gasteiger charge is -2.32. The molecule has 20 heavy (non-hydrogen) atoms. The van der Waals surface area contributed by atoms with E-state index < -0.39 is 11.9 Å². The molecule has 0 spiro atoms. The van der Waals surface area contributed by atoms with Gasteiger partial charge in [-0.2, -0.15) is 0 Å². The molecule has 1 aliphatic heterocycles. The minimum atomic E-state index is -0.839. The van der Waals surface area contributed by atoms with E-state index >= 15 is 0 Å². The third-order valence-electron chi connectivity index (χ3n) is 3.53. The molecule has 2 amide bonds. The van der Waals surface area contributed by atoms with Crippen LogP contribution in [0.5, 0.6) is 0 Å². The second-order valence-corrected chi connectivity index (χ2v) is 5.04. The van der Waals surface area contributed by atoms with Crippen LogP contribution < -0.4 is 0 Å². The van der Waals surface area contributed by atoms with Crippen LogP contribution in [0.1, 0.15) is 13.3 Å². The summed E-state index contributed by atoms with van der Waals surface area (Å²) in [6.45, 7) is 4.01. The van der Waals surface area contributed by atoms with Gasteiger partial charge in [0, 0.05) is 33.9 Å². The van der Waals surface area contributed by atoms with Crippen LogP contribution in [-0.2, 0) is 14.3 Å². The predicted molar refractivity (Wildman–Crippen MR) is 72.6 cm³/mol. The molecule has 0 aliphatic carbocycles. The highest BCUT2D eigenvalue weighted by Crippen LogP contribution is 2.18. The van der Waals surface area contributed by atoms with Gasteiger partial charge in [0.05, 0.1) is 25.2 Å². The molecule has 116 valence electrons. The molecule has 0 aromatic rings. The number of ether oxygens (including phenoxy) is 2. The van der Waals surface area contributed by atoms with Gasteiger partial charge in [-0.1, -0.05) is 0 Å². The lowest BCUT2D eigenvalue weighted by atomic mass is 10.1. The Morgan fingerprint density at radius 1 is 1.40 bits per heavy atom. The van der Waals surface area contributed by atoms with E-state index in [1.165, 1.54) is 0 Å². The number of nitrogens with zero attached hydrogens (tertiary/aromatic N) is 2. The summed E-state index contributed by atoms with van der Waals surface area (Å²) >= 11 is 0. The molecular weight excluding hydrogens is 264 g/mol. The number of carbonyl (C=O) groups is 2. The smallest absolute Gasteiger partial charge is 0.320 e. The van der Waals surface area contributed by atoms with E-state index in [1.54, 1.807) is 24.0 Å². The molecule has 0 bridgehead atoms. The maximum Gasteiger partial charge on any atom is 0.320 e. The second kappa shape index (κ2) is 8.06. The third kappa shape index (κ3) is 4.35. The highest BCUT2D eigenvalue weighted by molar-refractivity contribution is 5.77. The monoisotopic (exact) mass is 288 g/mol. The van der Waals surface area contributed by atoms with Crippen molar-refractivity contribution in [3.63, 3.8) is 0 Å². The maximum atomic E-state index is 12.5. The van der Waals surface area contributed by atoms with E-state index in [2.05, 4.69) is 0 Å². The molecular formula is C13H24N2O5. The summed E-state index contributed by atoms with van der Waals surface area (Å²) in [7, 11) is 3.17. The fourth-order valence-corrected chi connectivity index (χ4v) is 2.34. The van der Waals surface area contributed by atoms with Crippen LogP contribution in [-0.4, -0.2) is 80.0 Å². The topological polar surface area (TPSA) is 79.3 Å². The molecule has 2 unspecified atom stereocenters. The van der Waals surface area contributed by atoms with Gasteiger partial charge >= 0.3 is 12.0 Å². The summed E-state index contributed by atoms with van der Waals surface area (Å²) in [6.07, 6.45) is 0.512. The van der Waals surface area contributed by atoms with Gasteiger partial charge in [0.1, 0.15) is 0 Å². The first-order valence-corrected chi connectivity index (χ1v) is 6.77. The number of likely N-dealkylation sites (tertiary alicyclic amines) is 1. The molecule has 0 aromatic carbocycles. The molecule has 0 radical (unpaired) electrons. The number of carboxylic acid groups (broad SMARTS) is 1. The molecule has 7 nitrogen and oxygen atoms in total. The van der Waals surface area contributed by atoms with Gasteiger partial charge in [0.15, 0.2) is 0 Å². The van der Waals surface area contributed by atoms with Crippen molar-refractivity contribution in [2.24, 2.45) is 5.92 Å². The summed E-state index contributed by atoms with van der Waals surface area (Å²) in [5, 5.41) is 8.99. The van der Waals surface area contributed by atoms with Gasteiger partial charge in [0.2, 0.25) is 0 Å². The first-order chi connectivity index (χ1) is 9.51. The van der Waals surface area contributed by atoms with Crippen molar-refractivity contribution in [1.82, 2.24) is 9.80 Å². The first kappa shape index (κ1) is 16.7. The van der Waals surface area contributed by atoms with E-state index in [1.807, 2.05) is 6.92 Å². The fraction of sp³-hybridized carbons (Fsp3) is 0.846. The Hall–Kier alpha value is -1.34. The average molecular weight is 288 g/mol. The SMILES string of the molecule is COCCN(C(=O)N1CCC(C(=O)O)C1)C(C)COC. The zero-order valence-corrected chi connectivity index (χ0v) is 12.4. The van der Waals surface area contributed by atoms with Gasteiger partial charge in [-0.25, -0.2) is 4.79 Å². The van der Waals surface area contributed by atoms with E-state index in [-0.39, 0.29) is 18.6 Å². The second-order valence-electron chi connectivity index (χ2n) is 5.04. The van der Waals surface area contributed by atoms with Crippen molar-refractivity contribution < 1.29 is 24.2 Å². The highest BCUT2D eigenvalue weighted by Gasteiger charge is 2.34. The molecule has 1 N–H and O–H groups in total. The van der Waals surface area contributed by atoms with E-state index in [9.17, 15) is 9.59 Å². The summed E-state index contributed by atoms with van der Waals surface area (Å²) in [6, 6.07) is -0.220. The number of methoxy groups -OCH3 is 2. The first-order valence-electron chi connectivity index (χ1n) is 6.77. The minimum absolute atomic E-state index is 0.0773. The van der Waals surface area contributed by atoms with Crippen molar-refractivity contribution in [3.8, 4) is 0 Å². The van der Waals surface area contributed by atoms with Crippen LogP contribution in [0, 0.1) is 5.92 Å². The standard InChI is InChI=1S/C13H24N2O5/c1-10(9-20-3)15(6-7-19-2)13(18)14-5-4-11(8-14)12(16)17/h10-11H,4-9H2,1-3H3,(H,16,17). The summed E-state index contributed by atoms with van der Waals surface area (Å²) in [5.41, 5.74) is 0. The lowest BCUT2D eigenvalue weighted by Crippen LogP contribution is -2.49.